The van der Waals surface area contributed by atoms with Crippen LogP contribution in [0.4, 0.5) is 0 Å². The lowest BCUT2D eigenvalue weighted by atomic mass is 10.0. The summed E-state index contributed by atoms with van der Waals surface area (Å²) in [5, 5.41) is 11.0. The summed E-state index contributed by atoms with van der Waals surface area (Å²) >= 11 is 18.5. The zero-order valence-electron chi connectivity index (χ0n) is 14.1. The van der Waals surface area contributed by atoms with E-state index in [2.05, 4.69) is 6.07 Å². The Kier molecular flexibility index (Phi) is 6.42. The van der Waals surface area contributed by atoms with Crippen molar-refractivity contribution < 1.29 is 4.74 Å². The van der Waals surface area contributed by atoms with Gasteiger partial charge in [-0.15, -0.1) is 0 Å². The first-order valence-corrected chi connectivity index (χ1v) is 9.23. The first-order chi connectivity index (χ1) is 13.1. The number of hydrogen-bond acceptors (Lipinski definition) is 2. The molecule has 0 N–H and O–H groups in total. The molecule has 0 aliphatic heterocycles. The van der Waals surface area contributed by atoms with Gasteiger partial charge in [0.25, 0.3) is 0 Å². The van der Waals surface area contributed by atoms with Crippen molar-refractivity contribution in [1.82, 2.24) is 0 Å². The lowest BCUT2D eigenvalue weighted by Crippen LogP contribution is -1.98. The maximum Gasteiger partial charge on any atom is 0.145 e. The molecule has 0 aromatic heterocycles. The Morgan fingerprint density at radius 1 is 0.926 bits per heavy atom. The summed E-state index contributed by atoms with van der Waals surface area (Å²) in [5.74, 6) is 0.463. The van der Waals surface area contributed by atoms with Gasteiger partial charge in [-0.25, -0.2) is 0 Å². The highest BCUT2D eigenvalue weighted by molar-refractivity contribution is 6.36. The van der Waals surface area contributed by atoms with E-state index < -0.39 is 0 Å². The van der Waals surface area contributed by atoms with E-state index in [9.17, 15) is 5.26 Å². The van der Waals surface area contributed by atoms with Crippen molar-refractivity contribution >= 4 is 46.5 Å². The molecule has 0 radical (unpaired) electrons. The second-order valence-electron chi connectivity index (χ2n) is 5.76. The zero-order chi connectivity index (χ0) is 19.2. The van der Waals surface area contributed by atoms with Gasteiger partial charge in [0.1, 0.15) is 12.4 Å². The minimum absolute atomic E-state index is 0.288. The van der Waals surface area contributed by atoms with Crippen LogP contribution in [0.15, 0.2) is 66.7 Å². The summed E-state index contributed by atoms with van der Waals surface area (Å²) in [6, 6.07) is 22.3. The third-order valence-corrected chi connectivity index (χ3v) is 4.55. The molecule has 0 unspecified atom stereocenters. The van der Waals surface area contributed by atoms with Crippen molar-refractivity contribution in [2.45, 2.75) is 6.61 Å². The number of allylic oxidation sites excluding steroid dienone is 1. The van der Waals surface area contributed by atoms with Crippen LogP contribution in [0.5, 0.6) is 5.75 Å². The van der Waals surface area contributed by atoms with Crippen molar-refractivity contribution in [3.63, 3.8) is 0 Å². The third kappa shape index (κ3) is 5.05. The molecule has 0 fully saturated rings. The van der Waals surface area contributed by atoms with E-state index in [1.807, 2.05) is 48.5 Å². The van der Waals surface area contributed by atoms with Crippen LogP contribution in [0.25, 0.3) is 11.6 Å². The number of rotatable bonds is 5. The average molecular weight is 415 g/mol. The monoisotopic (exact) mass is 413 g/mol. The van der Waals surface area contributed by atoms with Gasteiger partial charge < -0.3 is 4.74 Å². The van der Waals surface area contributed by atoms with Gasteiger partial charge in [0, 0.05) is 15.6 Å². The molecule has 5 heteroatoms. The second-order valence-corrected chi connectivity index (χ2v) is 7.04. The number of nitriles is 1. The molecule has 0 heterocycles. The second kappa shape index (κ2) is 8.97. The van der Waals surface area contributed by atoms with E-state index in [0.717, 1.165) is 11.1 Å². The Morgan fingerprint density at radius 2 is 1.70 bits per heavy atom. The molecular weight excluding hydrogens is 401 g/mol. The van der Waals surface area contributed by atoms with Gasteiger partial charge in [0.15, 0.2) is 0 Å². The van der Waals surface area contributed by atoms with E-state index in [4.69, 9.17) is 39.5 Å². The van der Waals surface area contributed by atoms with Crippen LogP contribution in [-0.4, -0.2) is 0 Å². The first kappa shape index (κ1) is 19.3. The van der Waals surface area contributed by atoms with E-state index in [0.29, 0.717) is 32.0 Å². The molecule has 134 valence electrons. The molecule has 0 amide bonds. The Balaban J connectivity index is 1.97. The van der Waals surface area contributed by atoms with Crippen molar-refractivity contribution in [1.29, 1.82) is 5.26 Å². The summed E-state index contributed by atoms with van der Waals surface area (Å²) in [7, 11) is 0. The molecule has 27 heavy (non-hydrogen) atoms. The van der Waals surface area contributed by atoms with Gasteiger partial charge in [-0.3, -0.25) is 0 Å². The van der Waals surface area contributed by atoms with Gasteiger partial charge in [0.05, 0.1) is 16.7 Å². The van der Waals surface area contributed by atoms with Crippen LogP contribution in [0.3, 0.4) is 0 Å². The fraction of sp³-hybridized carbons (Fsp3) is 0.0455. The largest absolute Gasteiger partial charge is 0.487 e. The summed E-state index contributed by atoms with van der Waals surface area (Å²) < 4.78 is 5.94. The molecule has 0 spiro atoms. The van der Waals surface area contributed by atoms with Crippen LogP contribution in [-0.2, 0) is 6.61 Å². The lowest BCUT2D eigenvalue weighted by molar-refractivity contribution is 0.306. The topological polar surface area (TPSA) is 33.0 Å². The van der Waals surface area contributed by atoms with Crippen molar-refractivity contribution in [2.24, 2.45) is 0 Å². The molecule has 3 aromatic rings. The fourth-order valence-electron chi connectivity index (χ4n) is 2.58. The fourth-order valence-corrected chi connectivity index (χ4v) is 3.35. The van der Waals surface area contributed by atoms with Gasteiger partial charge in [-0.2, -0.15) is 5.26 Å². The maximum absolute atomic E-state index is 9.57. The molecule has 0 aliphatic carbocycles. The molecule has 3 rings (SSSR count). The highest BCUT2D eigenvalue weighted by atomic mass is 35.5. The third-order valence-electron chi connectivity index (χ3n) is 3.81. The average Bonchev–Trinajstić information content (AvgIpc) is 2.66. The number of hydrogen-bond donors (Lipinski definition) is 0. The SMILES string of the molecule is N#C/C(=C\c1cc(Cl)cc(Cl)c1OCc1cccc(Cl)c1)c1ccccc1. The number of benzene rings is 3. The number of halogens is 3. The highest BCUT2D eigenvalue weighted by Gasteiger charge is 2.12. The summed E-state index contributed by atoms with van der Waals surface area (Å²) in [5.41, 5.74) is 2.83. The number of nitrogens with zero attached hydrogens (tertiary/aromatic N) is 1. The van der Waals surface area contributed by atoms with Crippen LogP contribution >= 0.6 is 34.8 Å². The van der Waals surface area contributed by atoms with Gasteiger partial charge >= 0.3 is 0 Å². The van der Waals surface area contributed by atoms with Crippen LogP contribution in [0.2, 0.25) is 15.1 Å². The molecule has 3 aromatic carbocycles. The van der Waals surface area contributed by atoms with Crippen molar-refractivity contribution in [3.05, 3.63) is 98.5 Å². The normalized spacial score (nSPS) is 11.1. The van der Waals surface area contributed by atoms with E-state index >= 15 is 0 Å². The summed E-state index contributed by atoms with van der Waals surface area (Å²) in [6.45, 7) is 0.288. The van der Waals surface area contributed by atoms with E-state index in [1.165, 1.54) is 0 Å². The minimum Gasteiger partial charge on any atom is -0.487 e. The molecule has 0 saturated carbocycles. The Bertz CT molecular complexity index is 1020. The molecule has 0 aliphatic rings. The van der Waals surface area contributed by atoms with Gasteiger partial charge in [0.2, 0.25) is 0 Å². The Morgan fingerprint density at radius 3 is 2.41 bits per heavy atom. The number of ether oxygens (including phenoxy) is 1. The highest BCUT2D eigenvalue weighted by Crippen LogP contribution is 2.35. The zero-order valence-corrected chi connectivity index (χ0v) is 16.4. The quantitative estimate of drug-likeness (QED) is 0.324. The van der Waals surface area contributed by atoms with E-state index in [-0.39, 0.29) is 6.61 Å². The molecular formula is C22H14Cl3NO. The minimum atomic E-state index is 0.288. The maximum atomic E-state index is 9.57. The molecule has 0 saturated heterocycles. The smallest absolute Gasteiger partial charge is 0.145 e. The summed E-state index contributed by atoms with van der Waals surface area (Å²) in [4.78, 5) is 0. The van der Waals surface area contributed by atoms with Crippen LogP contribution in [0.1, 0.15) is 16.7 Å². The van der Waals surface area contributed by atoms with Crippen molar-refractivity contribution in [2.75, 3.05) is 0 Å². The Hall–Kier alpha value is -2.44. The summed E-state index contributed by atoms with van der Waals surface area (Å²) in [6.07, 6.45) is 1.72. The first-order valence-electron chi connectivity index (χ1n) is 8.10. The molecule has 0 atom stereocenters. The standard InChI is InChI=1S/C22H14Cl3NO/c23-19-8-4-5-15(9-19)14-27-22-17(11-20(24)12-21(22)25)10-18(13-26)16-6-2-1-3-7-16/h1-12H,14H2/b18-10+. The van der Waals surface area contributed by atoms with Crippen molar-refractivity contribution in [3.8, 4) is 11.8 Å². The van der Waals surface area contributed by atoms with Gasteiger partial charge in [-0.1, -0.05) is 77.3 Å². The van der Waals surface area contributed by atoms with Crippen LogP contribution in [0, 0.1) is 11.3 Å². The molecule has 2 nitrogen and oxygen atoms in total. The Labute approximate surface area is 173 Å². The lowest BCUT2D eigenvalue weighted by Gasteiger charge is -2.13. The van der Waals surface area contributed by atoms with E-state index in [1.54, 1.807) is 24.3 Å². The molecule has 0 bridgehead atoms. The predicted molar refractivity (Wildman–Crippen MR) is 112 cm³/mol. The predicted octanol–water partition coefficient (Wildman–Crippen LogP) is 7.29. The van der Waals surface area contributed by atoms with Crippen LogP contribution < -0.4 is 4.74 Å². The van der Waals surface area contributed by atoms with Gasteiger partial charge in [-0.05, 0) is 41.5 Å².